The third-order valence-corrected chi connectivity index (χ3v) is 14.2. The van der Waals surface area contributed by atoms with Crippen molar-refractivity contribution < 1.29 is 5.11 Å². The average molecular weight is 458 g/mol. The summed E-state index contributed by atoms with van der Waals surface area (Å²) in [6, 6.07) is 0.0354. The van der Waals surface area contributed by atoms with E-state index in [1.54, 1.807) is 0 Å². The van der Waals surface area contributed by atoms with E-state index >= 15 is 0 Å². The predicted octanol–water partition coefficient (Wildman–Crippen LogP) is 7.85. The minimum absolute atomic E-state index is 0.0354. The molecule has 0 heterocycles. The summed E-state index contributed by atoms with van der Waals surface area (Å²) >= 11 is 0. The Morgan fingerprint density at radius 3 is 2.24 bits per heavy atom. The molecule has 0 aromatic heterocycles. The first-order valence-corrected chi connectivity index (χ1v) is 14.5. The van der Waals surface area contributed by atoms with Crippen molar-refractivity contribution in [2.24, 2.45) is 68.3 Å². The second-order valence-electron chi connectivity index (χ2n) is 14.6. The number of aliphatic hydroxyl groups excluding tert-OH is 1. The maximum Gasteiger partial charge on any atom is 0.0948 e. The highest BCUT2D eigenvalue weighted by Gasteiger charge is 2.66. The zero-order valence-corrected chi connectivity index (χ0v) is 22.4. The Balaban J connectivity index is 1.50. The van der Waals surface area contributed by atoms with Gasteiger partial charge in [0.05, 0.1) is 6.04 Å². The number of nitroso groups, excluding NO2 is 1. The largest absolute Gasteiger partial charge is 0.396 e. The molecule has 5 aliphatic carbocycles. The molecule has 0 aliphatic heterocycles. The van der Waals surface area contributed by atoms with E-state index in [9.17, 15) is 10.0 Å². The molecular formula is C30H51NO2. The van der Waals surface area contributed by atoms with Gasteiger partial charge in [-0.25, -0.2) is 0 Å². The van der Waals surface area contributed by atoms with Crippen molar-refractivity contribution in [2.45, 2.75) is 118 Å². The quantitative estimate of drug-likeness (QED) is 0.429. The summed E-state index contributed by atoms with van der Waals surface area (Å²) in [4.78, 5) is 11.5. The summed E-state index contributed by atoms with van der Waals surface area (Å²) in [6.45, 7) is 15.7. The molecule has 0 spiro atoms. The molecule has 3 nitrogen and oxygen atoms in total. The van der Waals surface area contributed by atoms with Crippen LogP contribution in [0.2, 0.25) is 0 Å². The highest BCUT2D eigenvalue weighted by Crippen LogP contribution is 2.74. The van der Waals surface area contributed by atoms with Crippen molar-refractivity contribution in [3.8, 4) is 0 Å². The highest BCUT2D eigenvalue weighted by molar-refractivity contribution is 5.15. The topological polar surface area (TPSA) is 49.7 Å². The van der Waals surface area contributed by atoms with Crippen LogP contribution in [0.3, 0.4) is 0 Å². The molecule has 0 radical (unpaired) electrons. The average Bonchev–Trinajstić information content (AvgIpc) is 2.93. The molecular weight excluding hydrogens is 406 g/mol. The van der Waals surface area contributed by atoms with Gasteiger partial charge in [-0.05, 0) is 134 Å². The molecule has 10 unspecified atom stereocenters. The van der Waals surface area contributed by atoms with Crippen LogP contribution in [0.1, 0.15) is 112 Å². The van der Waals surface area contributed by atoms with Crippen molar-refractivity contribution in [3.63, 3.8) is 0 Å². The zero-order chi connectivity index (χ0) is 23.8. The molecule has 3 heteroatoms. The van der Waals surface area contributed by atoms with Gasteiger partial charge in [0.15, 0.2) is 0 Å². The normalized spacial score (nSPS) is 58.8. The first-order chi connectivity index (χ1) is 15.6. The van der Waals surface area contributed by atoms with Gasteiger partial charge >= 0.3 is 0 Å². The fourth-order valence-corrected chi connectivity index (χ4v) is 11.4. The fraction of sp³-hybridized carbons (Fsp3) is 1.00. The third-order valence-electron chi connectivity index (χ3n) is 14.2. The molecule has 0 saturated heterocycles. The van der Waals surface area contributed by atoms with Crippen LogP contribution in [0.4, 0.5) is 0 Å². The Kier molecular flexibility index (Phi) is 5.91. The van der Waals surface area contributed by atoms with Crippen LogP contribution >= 0.6 is 0 Å². The van der Waals surface area contributed by atoms with Gasteiger partial charge in [-0.2, -0.15) is 4.91 Å². The summed E-state index contributed by atoms with van der Waals surface area (Å²) in [5.74, 6) is 4.89. The van der Waals surface area contributed by atoms with E-state index in [0.717, 1.165) is 30.1 Å². The van der Waals surface area contributed by atoms with E-state index in [-0.39, 0.29) is 11.5 Å². The molecule has 188 valence electrons. The standard InChI is InChI=1S/C30H51NO2/c1-19-9-14-30(18-32)16-15-28(5)22(17-24(30)20(19)2)7-8-26-27(4)12-11-25(31-33)21(3)23(27)10-13-29(26,28)6/h19-26,32H,7-18H2,1-6H3/t19-,20?,21?,22?,23?,24?,25?,26?,27?,28-,29?,30?/m1/s1. The maximum absolute atomic E-state index is 11.5. The number of fused-ring (bicyclic) bond motifs is 6. The Bertz CT molecular complexity index is 768. The second kappa shape index (κ2) is 8.04. The molecule has 5 rings (SSSR count). The van der Waals surface area contributed by atoms with Crippen molar-refractivity contribution in [2.75, 3.05) is 6.61 Å². The molecule has 0 aromatic rings. The second-order valence-corrected chi connectivity index (χ2v) is 14.6. The van der Waals surface area contributed by atoms with Crippen LogP contribution in [0.15, 0.2) is 5.18 Å². The van der Waals surface area contributed by atoms with Gasteiger partial charge in [-0.1, -0.05) is 46.7 Å². The number of hydrogen-bond acceptors (Lipinski definition) is 3. The lowest BCUT2D eigenvalue weighted by molar-refractivity contribution is -0.198. The lowest BCUT2D eigenvalue weighted by Gasteiger charge is -2.69. The zero-order valence-electron chi connectivity index (χ0n) is 22.4. The van der Waals surface area contributed by atoms with Crippen molar-refractivity contribution in [3.05, 3.63) is 4.91 Å². The summed E-state index contributed by atoms with van der Waals surface area (Å²) in [5.41, 5.74) is 1.27. The van der Waals surface area contributed by atoms with Crippen LogP contribution in [0.25, 0.3) is 0 Å². The summed E-state index contributed by atoms with van der Waals surface area (Å²) < 4.78 is 0. The lowest BCUT2D eigenvalue weighted by Crippen LogP contribution is -2.62. The van der Waals surface area contributed by atoms with E-state index in [1.165, 1.54) is 64.2 Å². The molecule has 12 atom stereocenters. The van der Waals surface area contributed by atoms with Crippen LogP contribution in [-0.2, 0) is 0 Å². The van der Waals surface area contributed by atoms with Gasteiger partial charge in [0.2, 0.25) is 0 Å². The van der Waals surface area contributed by atoms with Gasteiger partial charge < -0.3 is 5.11 Å². The molecule has 0 bridgehead atoms. The fourth-order valence-electron chi connectivity index (χ4n) is 11.4. The highest BCUT2D eigenvalue weighted by atomic mass is 16.3. The van der Waals surface area contributed by atoms with E-state index in [0.29, 0.717) is 40.6 Å². The minimum atomic E-state index is 0.0354. The van der Waals surface area contributed by atoms with Crippen LogP contribution < -0.4 is 0 Å². The minimum Gasteiger partial charge on any atom is -0.396 e. The third kappa shape index (κ3) is 3.15. The Labute approximate surface area is 203 Å². The Morgan fingerprint density at radius 2 is 1.55 bits per heavy atom. The summed E-state index contributed by atoms with van der Waals surface area (Å²) in [7, 11) is 0. The number of rotatable bonds is 2. The monoisotopic (exact) mass is 457 g/mol. The first kappa shape index (κ1) is 24.3. The summed E-state index contributed by atoms with van der Waals surface area (Å²) in [6.07, 6.45) is 13.9. The molecule has 1 N–H and O–H groups in total. The maximum atomic E-state index is 11.5. The van der Waals surface area contributed by atoms with E-state index in [4.69, 9.17) is 0 Å². The Morgan fingerprint density at radius 1 is 0.788 bits per heavy atom. The van der Waals surface area contributed by atoms with Gasteiger partial charge in [-0.3, -0.25) is 0 Å². The molecule has 0 aromatic carbocycles. The molecule has 5 saturated carbocycles. The Hall–Kier alpha value is -0.440. The SMILES string of the molecule is CC1C(N=O)CCC2(C)C1CCC1(C)C2CCC2CC3C(C)[C@H](C)CCC3(CO)CC[C@]21C. The van der Waals surface area contributed by atoms with Gasteiger partial charge in [0.1, 0.15) is 0 Å². The van der Waals surface area contributed by atoms with E-state index in [2.05, 4.69) is 46.7 Å². The molecule has 5 aliphatic rings. The van der Waals surface area contributed by atoms with E-state index in [1.807, 2.05) is 0 Å². The molecule has 5 fully saturated rings. The van der Waals surface area contributed by atoms with Crippen LogP contribution in [0, 0.1) is 68.0 Å². The number of aliphatic hydroxyl groups is 1. The van der Waals surface area contributed by atoms with Crippen molar-refractivity contribution in [1.82, 2.24) is 0 Å². The first-order valence-electron chi connectivity index (χ1n) is 14.5. The molecule has 0 amide bonds. The van der Waals surface area contributed by atoms with E-state index < -0.39 is 0 Å². The number of hydrogen-bond donors (Lipinski definition) is 1. The van der Waals surface area contributed by atoms with Crippen molar-refractivity contribution in [1.29, 1.82) is 0 Å². The predicted molar refractivity (Wildman–Crippen MR) is 136 cm³/mol. The molecule has 33 heavy (non-hydrogen) atoms. The smallest absolute Gasteiger partial charge is 0.0948 e. The van der Waals surface area contributed by atoms with Gasteiger partial charge in [0, 0.05) is 6.61 Å². The number of nitrogens with zero attached hydrogens (tertiary/aromatic N) is 1. The van der Waals surface area contributed by atoms with Gasteiger partial charge in [0.25, 0.3) is 0 Å². The van der Waals surface area contributed by atoms with Crippen LogP contribution in [0.5, 0.6) is 0 Å². The summed E-state index contributed by atoms with van der Waals surface area (Å²) in [5, 5.41) is 14.3. The van der Waals surface area contributed by atoms with Gasteiger partial charge in [-0.15, -0.1) is 0 Å². The van der Waals surface area contributed by atoms with Crippen LogP contribution in [-0.4, -0.2) is 17.8 Å². The lowest BCUT2D eigenvalue weighted by atomic mass is 9.36. The van der Waals surface area contributed by atoms with Crippen molar-refractivity contribution >= 4 is 0 Å².